The van der Waals surface area contributed by atoms with Gasteiger partial charge in [-0.05, 0) is 44.4 Å². The molecule has 4 rings (SSSR count). The van der Waals surface area contributed by atoms with Gasteiger partial charge < -0.3 is 20.0 Å². The molecule has 2 aliphatic rings. The molecule has 7 nitrogen and oxygen atoms in total. The minimum absolute atomic E-state index is 0.129. The van der Waals surface area contributed by atoms with E-state index in [2.05, 4.69) is 25.1 Å². The fraction of sp³-hybridized carbons (Fsp3) is 0.500. The normalized spacial score (nSPS) is 17.4. The third-order valence-corrected chi connectivity index (χ3v) is 5.82. The number of rotatable bonds is 3. The first-order valence-electron chi connectivity index (χ1n) is 10.9. The molecule has 172 valence electrons. The maximum atomic E-state index is 12.9. The highest BCUT2D eigenvalue weighted by Gasteiger charge is 2.31. The number of halogens is 3. The standard InChI is InChI=1S/C22H27F3N6O/c1-16-26-19(29-8-3-2-4-9-29)15-20(27-16)30-10-12-31(13-11-30)21(32)28-18-7-5-6-17(14-18)22(23,24)25/h5-7,14-15H,2-4,8-13H2,1H3,(H,28,32). The molecule has 2 amide bonds. The molecule has 2 aromatic rings. The lowest BCUT2D eigenvalue weighted by Crippen LogP contribution is -2.50. The average molecular weight is 448 g/mol. The van der Waals surface area contributed by atoms with Crippen molar-refractivity contribution in [1.82, 2.24) is 14.9 Å². The molecule has 2 fully saturated rings. The van der Waals surface area contributed by atoms with Gasteiger partial charge in [0.05, 0.1) is 5.56 Å². The van der Waals surface area contributed by atoms with Crippen LogP contribution in [0.5, 0.6) is 0 Å². The molecule has 1 aromatic heterocycles. The van der Waals surface area contributed by atoms with E-state index in [1.165, 1.54) is 18.6 Å². The van der Waals surface area contributed by atoms with Crippen molar-refractivity contribution in [3.8, 4) is 0 Å². The van der Waals surface area contributed by atoms with Crippen molar-refractivity contribution in [2.45, 2.75) is 32.4 Å². The van der Waals surface area contributed by atoms with Crippen LogP contribution in [-0.4, -0.2) is 60.2 Å². The average Bonchev–Trinajstić information content (AvgIpc) is 2.79. The number of piperazine rings is 1. The van der Waals surface area contributed by atoms with Gasteiger partial charge in [0, 0.05) is 51.0 Å². The van der Waals surface area contributed by atoms with Gasteiger partial charge in [0.25, 0.3) is 0 Å². The Bertz CT molecular complexity index is 953. The Morgan fingerprint density at radius 3 is 2.16 bits per heavy atom. The Labute approximate surface area is 185 Å². The van der Waals surface area contributed by atoms with Gasteiger partial charge in [-0.3, -0.25) is 0 Å². The summed E-state index contributed by atoms with van der Waals surface area (Å²) < 4.78 is 38.7. The predicted octanol–water partition coefficient (Wildman–Crippen LogP) is 4.15. The molecule has 0 spiro atoms. The van der Waals surface area contributed by atoms with E-state index in [4.69, 9.17) is 0 Å². The number of nitrogens with one attached hydrogen (secondary N) is 1. The molecular weight excluding hydrogens is 421 g/mol. The SMILES string of the molecule is Cc1nc(N2CCCCC2)cc(N2CCN(C(=O)Nc3cccc(C(F)(F)F)c3)CC2)n1. The lowest BCUT2D eigenvalue weighted by atomic mass is 10.1. The fourth-order valence-corrected chi connectivity index (χ4v) is 4.10. The monoisotopic (exact) mass is 448 g/mol. The van der Waals surface area contributed by atoms with Crippen LogP contribution in [0.25, 0.3) is 0 Å². The number of anilines is 3. The summed E-state index contributed by atoms with van der Waals surface area (Å²) in [6.45, 7) is 5.96. The molecule has 0 atom stereocenters. The van der Waals surface area contributed by atoms with Crippen molar-refractivity contribution < 1.29 is 18.0 Å². The zero-order valence-electron chi connectivity index (χ0n) is 18.0. The Balaban J connectivity index is 1.37. The Kier molecular flexibility index (Phi) is 6.38. The number of piperidine rings is 1. The van der Waals surface area contributed by atoms with Crippen LogP contribution in [0, 0.1) is 6.92 Å². The number of carbonyl (C=O) groups excluding carboxylic acids is 1. The molecule has 0 saturated carbocycles. The van der Waals surface area contributed by atoms with Crippen molar-refractivity contribution in [2.75, 3.05) is 54.4 Å². The highest BCUT2D eigenvalue weighted by atomic mass is 19.4. The molecule has 0 bridgehead atoms. The van der Waals surface area contributed by atoms with Crippen LogP contribution in [0.1, 0.15) is 30.7 Å². The molecule has 1 aromatic carbocycles. The Morgan fingerprint density at radius 2 is 1.53 bits per heavy atom. The molecule has 1 N–H and O–H groups in total. The van der Waals surface area contributed by atoms with Gasteiger partial charge in [0.1, 0.15) is 17.5 Å². The summed E-state index contributed by atoms with van der Waals surface area (Å²) in [5.41, 5.74) is -0.659. The number of urea groups is 1. The molecule has 0 radical (unpaired) electrons. The lowest BCUT2D eigenvalue weighted by Gasteiger charge is -2.36. The predicted molar refractivity (Wildman–Crippen MR) is 117 cm³/mol. The van der Waals surface area contributed by atoms with Gasteiger partial charge in [-0.2, -0.15) is 13.2 Å². The number of amides is 2. The molecule has 0 aliphatic carbocycles. The van der Waals surface area contributed by atoms with Crippen molar-refractivity contribution in [3.05, 3.63) is 41.7 Å². The van der Waals surface area contributed by atoms with E-state index in [1.54, 1.807) is 4.90 Å². The van der Waals surface area contributed by atoms with Gasteiger partial charge in [0.15, 0.2) is 0 Å². The third-order valence-electron chi connectivity index (χ3n) is 5.82. The van der Waals surface area contributed by atoms with E-state index >= 15 is 0 Å². The Hall–Kier alpha value is -3.04. The van der Waals surface area contributed by atoms with Crippen molar-refractivity contribution >= 4 is 23.4 Å². The van der Waals surface area contributed by atoms with E-state index in [0.717, 1.165) is 49.7 Å². The zero-order valence-corrected chi connectivity index (χ0v) is 18.0. The summed E-state index contributed by atoms with van der Waals surface area (Å²) in [6, 6.07) is 6.27. The summed E-state index contributed by atoms with van der Waals surface area (Å²) in [6.07, 6.45) is -0.872. The molecule has 2 aliphatic heterocycles. The van der Waals surface area contributed by atoms with Crippen LogP contribution < -0.4 is 15.1 Å². The summed E-state index contributed by atoms with van der Waals surface area (Å²) >= 11 is 0. The number of hydrogen-bond acceptors (Lipinski definition) is 5. The number of benzene rings is 1. The summed E-state index contributed by atoms with van der Waals surface area (Å²) in [5, 5.41) is 2.58. The first-order chi connectivity index (χ1) is 15.3. The van der Waals surface area contributed by atoms with Crippen LogP contribution in [0.2, 0.25) is 0 Å². The molecule has 3 heterocycles. The summed E-state index contributed by atoms with van der Waals surface area (Å²) in [7, 11) is 0. The maximum absolute atomic E-state index is 12.9. The van der Waals surface area contributed by atoms with E-state index in [-0.39, 0.29) is 5.69 Å². The third kappa shape index (κ3) is 5.23. The lowest BCUT2D eigenvalue weighted by molar-refractivity contribution is -0.137. The molecule has 32 heavy (non-hydrogen) atoms. The van der Waals surface area contributed by atoms with Crippen molar-refractivity contribution in [2.24, 2.45) is 0 Å². The topological polar surface area (TPSA) is 64.6 Å². The number of nitrogens with zero attached hydrogens (tertiary/aromatic N) is 5. The highest BCUT2D eigenvalue weighted by molar-refractivity contribution is 5.89. The molecule has 10 heteroatoms. The Morgan fingerprint density at radius 1 is 0.906 bits per heavy atom. The quantitative estimate of drug-likeness (QED) is 0.764. The molecule has 2 saturated heterocycles. The minimum atomic E-state index is -4.45. The zero-order chi connectivity index (χ0) is 22.7. The largest absolute Gasteiger partial charge is 0.416 e. The van der Waals surface area contributed by atoms with Gasteiger partial charge >= 0.3 is 12.2 Å². The smallest absolute Gasteiger partial charge is 0.356 e. The second-order valence-electron chi connectivity index (χ2n) is 8.16. The number of carbonyl (C=O) groups is 1. The van der Waals surface area contributed by atoms with E-state index in [1.807, 2.05) is 13.0 Å². The van der Waals surface area contributed by atoms with Crippen LogP contribution in [-0.2, 0) is 6.18 Å². The minimum Gasteiger partial charge on any atom is -0.356 e. The molecular formula is C22H27F3N6O. The van der Waals surface area contributed by atoms with Crippen LogP contribution in [0.3, 0.4) is 0 Å². The summed E-state index contributed by atoms with van der Waals surface area (Å²) in [4.78, 5) is 27.8. The van der Waals surface area contributed by atoms with Crippen LogP contribution in [0.15, 0.2) is 30.3 Å². The highest BCUT2D eigenvalue weighted by Crippen LogP contribution is 2.31. The van der Waals surface area contributed by atoms with E-state index < -0.39 is 17.8 Å². The second-order valence-corrected chi connectivity index (χ2v) is 8.16. The number of aromatic nitrogens is 2. The van der Waals surface area contributed by atoms with Crippen molar-refractivity contribution in [1.29, 1.82) is 0 Å². The maximum Gasteiger partial charge on any atom is 0.416 e. The first kappa shape index (κ1) is 22.2. The number of hydrogen-bond donors (Lipinski definition) is 1. The van der Waals surface area contributed by atoms with E-state index in [0.29, 0.717) is 32.0 Å². The first-order valence-corrected chi connectivity index (χ1v) is 10.9. The van der Waals surface area contributed by atoms with Gasteiger partial charge in [0.2, 0.25) is 0 Å². The van der Waals surface area contributed by atoms with Gasteiger partial charge in [-0.1, -0.05) is 6.07 Å². The van der Waals surface area contributed by atoms with Gasteiger partial charge in [-0.15, -0.1) is 0 Å². The fourth-order valence-electron chi connectivity index (χ4n) is 4.10. The van der Waals surface area contributed by atoms with Crippen molar-refractivity contribution in [3.63, 3.8) is 0 Å². The number of alkyl halides is 3. The summed E-state index contributed by atoms with van der Waals surface area (Å²) in [5.74, 6) is 2.50. The van der Waals surface area contributed by atoms with Gasteiger partial charge in [-0.25, -0.2) is 14.8 Å². The molecule has 0 unspecified atom stereocenters. The van der Waals surface area contributed by atoms with E-state index in [9.17, 15) is 18.0 Å². The number of aryl methyl sites for hydroxylation is 1. The van der Waals surface area contributed by atoms with Crippen LogP contribution >= 0.6 is 0 Å². The van der Waals surface area contributed by atoms with Crippen LogP contribution in [0.4, 0.5) is 35.3 Å². The second kappa shape index (κ2) is 9.22.